The van der Waals surface area contributed by atoms with Crippen LogP contribution in [0.4, 0.5) is 0 Å². The van der Waals surface area contributed by atoms with Crippen LogP contribution in [0, 0.1) is 0 Å². The van der Waals surface area contributed by atoms with Crippen LogP contribution < -0.4 is 4.72 Å². The van der Waals surface area contributed by atoms with Crippen LogP contribution in [0.2, 0.25) is 0 Å². The van der Waals surface area contributed by atoms with Crippen molar-refractivity contribution in [2.45, 2.75) is 24.7 Å². The standard InChI is InChI=1S/C14H21N3O2S.C4H6O5/c1-15-20(18,19)10-11-4-5-14-13(8-11)12(9-16-14)6-7-17(2)3;5-2(4(8)9)1-3(6)7/h4-5,8-9,15-16H,6-7,10H2,1-3H3;2,5H,1H2,(H,6,7)(H,8,9). The molecule has 0 aliphatic heterocycles. The molecule has 1 unspecified atom stereocenters. The minimum absolute atomic E-state index is 0.0116. The first kappa shape index (κ1) is 24.6. The molecule has 2 aromatic rings. The lowest BCUT2D eigenvalue weighted by molar-refractivity contribution is -0.152. The van der Waals surface area contributed by atoms with Gasteiger partial charge in [0.2, 0.25) is 10.0 Å². The van der Waals surface area contributed by atoms with Crippen LogP contribution in [0.3, 0.4) is 0 Å². The summed E-state index contributed by atoms with van der Waals surface area (Å²) in [6.45, 7) is 0.964. The number of nitrogens with zero attached hydrogens (tertiary/aromatic N) is 1. The Balaban J connectivity index is 0.000000396. The van der Waals surface area contributed by atoms with Gasteiger partial charge in [0.05, 0.1) is 12.2 Å². The lowest BCUT2D eigenvalue weighted by Gasteiger charge is -2.08. The Labute approximate surface area is 169 Å². The second-order valence-electron chi connectivity index (χ2n) is 6.66. The average molecular weight is 429 g/mol. The van der Waals surface area contributed by atoms with E-state index in [2.05, 4.69) is 14.6 Å². The third-order valence-electron chi connectivity index (χ3n) is 3.98. The Hall–Kier alpha value is -2.47. The molecule has 2 rings (SSSR count). The summed E-state index contributed by atoms with van der Waals surface area (Å²) in [5, 5.41) is 25.3. The maximum atomic E-state index is 11.6. The molecule has 1 aromatic carbocycles. The summed E-state index contributed by atoms with van der Waals surface area (Å²) in [7, 11) is 2.29. The summed E-state index contributed by atoms with van der Waals surface area (Å²) >= 11 is 0. The number of carboxylic acid groups (broad SMARTS) is 2. The van der Waals surface area contributed by atoms with Crippen molar-refractivity contribution in [3.8, 4) is 0 Å². The smallest absolute Gasteiger partial charge is 0.333 e. The highest BCUT2D eigenvalue weighted by Gasteiger charge is 2.16. The number of likely N-dealkylation sites (N-methyl/N-ethyl adjacent to an activating group) is 1. The van der Waals surface area contributed by atoms with E-state index in [0.29, 0.717) is 0 Å². The van der Waals surface area contributed by atoms with Crippen molar-refractivity contribution in [1.82, 2.24) is 14.6 Å². The number of carbonyl (C=O) groups is 2. The molecule has 0 aliphatic rings. The minimum Gasteiger partial charge on any atom is -0.481 e. The first-order valence-electron chi connectivity index (χ1n) is 8.72. The molecule has 29 heavy (non-hydrogen) atoms. The molecule has 5 N–H and O–H groups in total. The number of fused-ring (bicyclic) bond motifs is 1. The summed E-state index contributed by atoms with van der Waals surface area (Å²) in [5.74, 6) is -2.83. The molecule has 0 fully saturated rings. The van der Waals surface area contributed by atoms with Crippen LogP contribution in [0.15, 0.2) is 24.4 Å². The fourth-order valence-corrected chi connectivity index (χ4v) is 3.17. The normalized spacial score (nSPS) is 12.4. The van der Waals surface area contributed by atoms with Crippen molar-refractivity contribution in [3.05, 3.63) is 35.5 Å². The molecule has 0 radical (unpaired) electrons. The zero-order chi connectivity index (χ0) is 22.2. The molecular formula is C18H27N3O7S. The molecule has 11 heteroatoms. The van der Waals surface area contributed by atoms with Gasteiger partial charge in [0.1, 0.15) is 0 Å². The maximum Gasteiger partial charge on any atom is 0.333 e. The van der Waals surface area contributed by atoms with Crippen molar-refractivity contribution in [2.75, 3.05) is 27.7 Å². The summed E-state index contributed by atoms with van der Waals surface area (Å²) in [5.41, 5.74) is 3.07. The first-order valence-corrected chi connectivity index (χ1v) is 10.4. The zero-order valence-electron chi connectivity index (χ0n) is 16.5. The van der Waals surface area contributed by atoms with E-state index in [0.717, 1.165) is 29.4 Å². The van der Waals surface area contributed by atoms with Crippen molar-refractivity contribution < 1.29 is 33.3 Å². The van der Waals surface area contributed by atoms with E-state index in [1.165, 1.54) is 12.6 Å². The van der Waals surface area contributed by atoms with Gasteiger partial charge in [0.15, 0.2) is 6.10 Å². The Morgan fingerprint density at radius 3 is 2.38 bits per heavy atom. The van der Waals surface area contributed by atoms with E-state index >= 15 is 0 Å². The predicted octanol–water partition coefficient (Wildman–Crippen LogP) is 0.228. The third-order valence-corrected chi connectivity index (χ3v) is 5.32. The van der Waals surface area contributed by atoms with Gasteiger partial charge < -0.3 is 25.2 Å². The average Bonchev–Trinajstić information content (AvgIpc) is 3.02. The van der Waals surface area contributed by atoms with Gasteiger partial charge in [-0.15, -0.1) is 0 Å². The highest BCUT2D eigenvalue weighted by Crippen LogP contribution is 2.21. The number of aromatic nitrogens is 1. The topological polar surface area (TPSA) is 160 Å². The van der Waals surface area contributed by atoms with E-state index in [4.69, 9.17) is 15.3 Å². The van der Waals surface area contributed by atoms with Gasteiger partial charge in [-0.1, -0.05) is 6.07 Å². The van der Waals surface area contributed by atoms with Crippen molar-refractivity contribution in [3.63, 3.8) is 0 Å². The summed E-state index contributed by atoms with van der Waals surface area (Å²) < 4.78 is 25.6. The summed E-state index contributed by atoms with van der Waals surface area (Å²) in [6, 6.07) is 5.75. The van der Waals surface area contributed by atoms with Gasteiger partial charge in [0, 0.05) is 23.6 Å². The Kier molecular flexibility index (Phi) is 9.24. The predicted molar refractivity (Wildman–Crippen MR) is 108 cm³/mol. The van der Waals surface area contributed by atoms with Crippen molar-refractivity contribution in [2.24, 2.45) is 0 Å². The highest BCUT2D eigenvalue weighted by atomic mass is 32.2. The molecular weight excluding hydrogens is 402 g/mol. The maximum absolute atomic E-state index is 11.6. The number of aromatic amines is 1. The monoisotopic (exact) mass is 429 g/mol. The van der Waals surface area contributed by atoms with Crippen LogP contribution in [0.1, 0.15) is 17.5 Å². The van der Waals surface area contributed by atoms with Crippen LogP contribution in [0.5, 0.6) is 0 Å². The molecule has 0 bridgehead atoms. The second kappa shape index (κ2) is 10.9. The van der Waals surface area contributed by atoms with Crippen LogP contribution in [0.25, 0.3) is 10.9 Å². The number of nitrogens with one attached hydrogen (secondary N) is 2. The number of hydrogen-bond donors (Lipinski definition) is 5. The molecule has 1 heterocycles. The Bertz CT molecular complexity index is 938. The van der Waals surface area contributed by atoms with Gasteiger partial charge in [-0.25, -0.2) is 17.9 Å². The summed E-state index contributed by atoms with van der Waals surface area (Å²) in [4.78, 5) is 24.8. The van der Waals surface area contributed by atoms with E-state index in [1.807, 2.05) is 38.5 Å². The lowest BCUT2D eigenvalue weighted by atomic mass is 10.1. The lowest BCUT2D eigenvalue weighted by Crippen LogP contribution is -2.22. The van der Waals surface area contributed by atoms with Crippen LogP contribution >= 0.6 is 0 Å². The Morgan fingerprint density at radius 1 is 1.24 bits per heavy atom. The molecule has 0 spiro atoms. The van der Waals surface area contributed by atoms with E-state index in [-0.39, 0.29) is 5.75 Å². The van der Waals surface area contributed by atoms with Crippen molar-refractivity contribution >= 4 is 32.9 Å². The quantitative estimate of drug-likeness (QED) is 0.379. The third kappa shape index (κ3) is 8.60. The van der Waals surface area contributed by atoms with Crippen molar-refractivity contribution in [1.29, 1.82) is 0 Å². The summed E-state index contributed by atoms with van der Waals surface area (Å²) in [6.07, 6.45) is 0.400. The van der Waals surface area contributed by atoms with Gasteiger partial charge in [-0.05, 0) is 50.8 Å². The van der Waals surface area contributed by atoms with Gasteiger partial charge >= 0.3 is 11.9 Å². The van der Waals surface area contributed by atoms with Gasteiger partial charge in [0.25, 0.3) is 0 Å². The van der Waals surface area contributed by atoms with Gasteiger partial charge in [-0.2, -0.15) is 0 Å². The molecule has 0 saturated carbocycles. The zero-order valence-corrected chi connectivity index (χ0v) is 17.4. The van der Waals surface area contributed by atoms with Crippen LogP contribution in [-0.4, -0.2) is 79.4 Å². The first-order chi connectivity index (χ1) is 13.4. The highest BCUT2D eigenvalue weighted by molar-refractivity contribution is 7.88. The molecule has 1 aromatic heterocycles. The van der Waals surface area contributed by atoms with Crippen LogP contribution in [-0.2, 0) is 31.8 Å². The number of benzene rings is 1. The fraction of sp³-hybridized carbons (Fsp3) is 0.444. The molecule has 0 aliphatic carbocycles. The number of H-pyrrole nitrogens is 1. The van der Waals surface area contributed by atoms with Gasteiger partial charge in [-0.3, -0.25) is 4.79 Å². The van der Waals surface area contributed by atoms with E-state index in [1.54, 1.807) is 0 Å². The number of rotatable bonds is 9. The molecule has 162 valence electrons. The SMILES string of the molecule is CNS(=O)(=O)Cc1ccc2[nH]cc(CCN(C)C)c2c1.O=C(O)CC(O)C(=O)O. The fourth-order valence-electron chi connectivity index (χ4n) is 2.41. The number of sulfonamides is 1. The number of aliphatic carboxylic acids is 2. The Morgan fingerprint density at radius 2 is 1.90 bits per heavy atom. The second-order valence-corrected chi connectivity index (χ2v) is 8.59. The number of hydrogen-bond acceptors (Lipinski definition) is 6. The van der Waals surface area contributed by atoms with E-state index in [9.17, 15) is 18.0 Å². The molecule has 10 nitrogen and oxygen atoms in total. The van der Waals surface area contributed by atoms with E-state index < -0.39 is 34.5 Å². The number of aliphatic hydroxyl groups excluding tert-OH is 1. The molecule has 1 atom stereocenters. The minimum atomic E-state index is -3.23. The number of aliphatic hydroxyl groups is 1. The number of carboxylic acids is 2. The largest absolute Gasteiger partial charge is 0.481 e. The molecule has 0 amide bonds. The molecule has 0 saturated heterocycles.